The van der Waals surface area contributed by atoms with Gasteiger partial charge in [0, 0.05) is 24.7 Å². The van der Waals surface area contributed by atoms with Gasteiger partial charge in [-0.15, -0.1) is 0 Å². The minimum absolute atomic E-state index is 0.0329. The van der Waals surface area contributed by atoms with E-state index in [1.54, 1.807) is 16.7 Å². The Kier molecular flexibility index (Phi) is 6.16. The first kappa shape index (κ1) is 20.4. The Morgan fingerprint density at radius 2 is 1.59 bits per heavy atom. The molecule has 0 saturated heterocycles. The predicted molar refractivity (Wildman–Crippen MR) is 114 cm³/mol. The Morgan fingerprint density at radius 1 is 0.966 bits per heavy atom. The molecule has 2 aromatic carbocycles. The van der Waals surface area contributed by atoms with Crippen LogP contribution in [-0.2, 0) is 29.2 Å². The summed E-state index contributed by atoms with van der Waals surface area (Å²) in [6, 6.07) is 14.8. The van der Waals surface area contributed by atoms with Gasteiger partial charge in [-0.25, -0.2) is 4.79 Å². The van der Waals surface area contributed by atoms with Crippen molar-refractivity contribution in [3.8, 4) is 0 Å². The Bertz CT molecular complexity index is 1080. The number of hydrogen-bond acceptors (Lipinski definition) is 3. The van der Waals surface area contributed by atoms with Crippen LogP contribution in [0.1, 0.15) is 26.3 Å². The first-order chi connectivity index (χ1) is 13.9. The SMILES string of the molecule is CCn1c(=O)n(CC(=O)NCc2ccc(NC(=O)C(C)C)cc2)c2ccccc21. The van der Waals surface area contributed by atoms with Gasteiger partial charge in [-0.05, 0) is 36.8 Å². The summed E-state index contributed by atoms with van der Waals surface area (Å²) in [5.41, 5.74) is 3.02. The van der Waals surface area contributed by atoms with Crippen LogP contribution in [0, 0.1) is 5.92 Å². The summed E-state index contributed by atoms with van der Waals surface area (Å²) in [5, 5.41) is 5.68. The maximum absolute atomic E-state index is 12.6. The molecule has 0 atom stereocenters. The zero-order valence-corrected chi connectivity index (χ0v) is 16.9. The number of rotatable bonds is 7. The molecule has 1 heterocycles. The molecule has 3 rings (SSSR count). The molecule has 0 spiro atoms. The monoisotopic (exact) mass is 394 g/mol. The van der Waals surface area contributed by atoms with Crippen LogP contribution in [0.4, 0.5) is 5.69 Å². The van der Waals surface area contributed by atoms with Gasteiger partial charge in [0.15, 0.2) is 0 Å². The average Bonchev–Trinajstić information content (AvgIpc) is 2.98. The molecule has 0 unspecified atom stereocenters. The largest absolute Gasteiger partial charge is 0.350 e. The lowest BCUT2D eigenvalue weighted by Crippen LogP contribution is -2.32. The highest BCUT2D eigenvalue weighted by atomic mass is 16.2. The topological polar surface area (TPSA) is 85.1 Å². The van der Waals surface area contributed by atoms with E-state index in [1.807, 2.05) is 57.2 Å². The van der Waals surface area contributed by atoms with Crippen molar-refractivity contribution >= 4 is 28.5 Å². The summed E-state index contributed by atoms with van der Waals surface area (Å²) in [6.07, 6.45) is 0. The van der Waals surface area contributed by atoms with E-state index in [-0.39, 0.29) is 30.0 Å². The smallest absolute Gasteiger partial charge is 0.329 e. The van der Waals surface area contributed by atoms with Crippen LogP contribution in [0.25, 0.3) is 11.0 Å². The van der Waals surface area contributed by atoms with Crippen molar-refractivity contribution in [3.63, 3.8) is 0 Å². The Hall–Kier alpha value is -3.35. The second-order valence-electron chi connectivity index (χ2n) is 7.22. The van der Waals surface area contributed by atoms with E-state index in [0.29, 0.717) is 13.1 Å². The number of para-hydroxylation sites is 2. The van der Waals surface area contributed by atoms with E-state index in [1.165, 1.54) is 4.57 Å². The third-order valence-corrected chi connectivity index (χ3v) is 4.78. The molecule has 0 aliphatic heterocycles. The lowest BCUT2D eigenvalue weighted by Gasteiger charge is -2.09. The summed E-state index contributed by atoms with van der Waals surface area (Å²) in [6.45, 7) is 6.44. The summed E-state index contributed by atoms with van der Waals surface area (Å²) < 4.78 is 3.16. The second kappa shape index (κ2) is 8.77. The normalized spacial score (nSPS) is 11.0. The number of anilines is 1. The highest BCUT2D eigenvalue weighted by Gasteiger charge is 2.14. The number of nitrogens with zero attached hydrogens (tertiary/aromatic N) is 2. The first-order valence-corrected chi connectivity index (χ1v) is 9.75. The van der Waals surface area contributed by atoms with E-state index in [2.05, 4.69) is 10.6 Å². The van der Waals surface area contributed by atoms with Crippen molar-refractivity contribution in [2.24, 2.45) is 5.92 Å². The molecule has 0 bridgehead atoms. The van der Waals surface area contributed by atoms with Crippen LogP contribution in [0.15, 0.2) is 53.3 Å². The standard InChI is InChI=1S/C22H26N4O3/c1-4-25-18-7-5-6-8-19(18)26(22(25)29)14-20(27)23-13-16-9-11-17(12-10-16)24-21(28)15(2)3/h5-12,15H,4,13-14H2,1-3H3,(H,23,27)(H,24,28). The molecule has 0 saturated carbocycles. The molecule has 2 amide bonds. The van der Waals surface area contributed by atoms with Crippen LogP contribution >= 0.6 is 0 Å². The molecule has 0 fully saturated rings. The predicted octanol–water partition coefficient (Wildman–Crippen LogP) is 2.73. The maximum Gasteiger partial charge on any atom is 0.329 e. The zero-order valence-electron chi connectivity index (χ0n) is 16.9. The second-order valence-corrected chi connectivity index (χ2v) is 7.22. The van der Waals surface area contributed by atoms with Crippen molar-refractivity contribution in [2.45, 2.75) is 40.4 Å². The van der Waals surface area contributed by atoms with Gasteiger partial charge in [0.05, 0.1) is 11.0 Å². The van der Waals surface area contributed by atoms with Crippen molar-refractivity contribution < 1.29 is 9.59 Å². The van der Waals surface area contributed by atoms with Crippen LogP contribution in [-0.4, -0.2) is 20.9 Å². The van der Waals surface area contributed by atoms with Crippen molar-refractivity contribution in [2.75, 3.05) is 5.32 Å². The van der Waals surface area contributed by atoms with E-state index < -0.39 is 0 Å². The molecule has 0 aliphatic carbocycles. The summed E-state index contributed by atoms with van der Waals surface area (Å²) in [7, 11) is 0. The molecule has 152 valence electrons. The molecule has 0 radical (unpaired) electrons. The fourth-order valence-electron chi connectivity index (χ4n) is 3.12. The highest BCUT2D eigenvalue weighted by molar-refractivity contribution is 5.92. The van der Waals surface area contributed by atoms with Gasteiger partial charge < -0.3 is 10.6 Å². The number of aromatic nitrogens is 2. The maximum atomic E-state index is 12.6. The minimum atomic E-state index is -0.233. The van der Waals surface area contributed by atoms with Crippen molar-refractivity contribution in [3.05, 3.63) is 64.6 Å². The lowest BCUT2D eigenvalue weighted by atomic mass is 10.1. The third-order valence-electron chi connectivity index (χ3n) is 4.78. The number of fused-ring (bicyclic) bond motifs is 1. The molecule has 29 heavy (non-hydrogen) atoms. The van der Waals surface area contributed by atoms with Crippen molar-refractivity contribution in [1.29, 1.82) is 0 Å². The van der Waals surface area contributed by atoms with Gasteiger partial charge in [-0.3, -0.25) is 18.7 Å². The molecule has 2 N–H and O–H groups in total. The zero-order chi connectivity index (χ0) is 21.0. The summed E-state index contributed by atoms with van der Waals surface area (Å²) in [5.74, 6) is -0.359. The number of imidazole rings is 1. The number of nitrogens with one attached hydrogen (secondary N) is 2. The number of carbonyl (C=O) groups excluding carboxylic acids is 2. The van der Waals surface area contributed by atoms with Crippen molar-refractivity contribution in [1.82, 2.24) is 14.5 Å². The highest BCUT2D eigenvalue weighted by Crippen LogP contribution is 2.13. The van der Waals surface area contributed by atoms with E-state index in [4.69, 9.17) is 0 Å². The first-order valence-electron chi connectivity index (χ1n) is 9.75. The van der Waals surface area contributed by atoms with Gasteiger partial charge >= 0.3 is 5.69 Å². The number of hydrogen-bond donors (Lipinski definition) is 2. The molecule has 7 nitrogen and oxygen atoms in total. The quantitative estimate of drug-likeness (QED) is 0.646. The molecule has 1 aromatic heterocycles. The van der Waals surface area contributed by atoms with E-state index in [9.17, 15) is 14.4 Å². The average molecular weight is 394 g/mol. The number of aryl methyl sites for hydroxylation is 1. The fraction of sp³-hybridized carbons (Fsp3) is 0.318. The summed E-state index contributed by atoms with van der Waals surface area (Å²) >= 11 is 0. The Morgan fingerprint density at radius 3 is 2.17 bits per heavy atom. The van der Waals surface area contributed by atoms with Crippen LogP contribution < -0.4 is 16.3 Å². The van der Waals surface area contributed by atoms with Gasteiger partial charge in [0.1, 0.15) is 6.54 Å². The van der Waals surface area contributed by atoms with Gasteiger partial charge in [0.25, 0.3) is 0 Å². The van der Waals surface area contributed by atoms with Gasteiger partial charge in [-0.1, -0.05) is 38.1 Å². The lowest BCUT2D eigenvalue weighted by molar-refractivity contribution is -0.122. The number of benzene rings is 2. The van der Waals surface area contributed by atoms with Gasteiger partial charge in [0.2, 0.25) is 11.8 Å². The van der Waals surface area contributed by atoms with E-state index in [0.717, 1.165) is 22.3 Å². The number of carbonyl (C=O) groups is 2. The molecular weight excluding hydrogens is 368 g/mol. The van der Waals surface area contributed by atoms with Crippen LogP contribution in [0.5, 0.6) is 0 Å². The molecule has 0 aliphatic rings. The van der Waals surface area contributed by atoms with E-state index >= 15 is 0 Å². The molecule has 7 heteroatoms. The Balaban J connectivity index is 1.64. The van der Waals surface area contributed by atoms with Gasteiger partial charge in [-0.2, -0.15) is 0 Å². The minimum Gasteiger partial charge on any atom is -0.350 e. The molecule has 3 aromatic rings. The fourth-order valence-corrected chi connectivity index (χ4v) is 3.12. The van der Waals surface area contributed by atoms with Crippen LogP contribution in [0.3, 0.4) is 0 Å². The van der Waals surface area contributed by atoms with Crippen LogP contribution in [0.2, 0.25) is 0 Å². The third kappa shape index (κ3) is 4.56. The summed E-state index contributed by atoms with van der Waals surface area (Å²) in [4.78, 5) is 36.8. The number of amides is 2. The molecular formula is C22H26N4O3. The Labute approximate surface area is 169 Å².